The molecule has 0 radical (unpaired) electrons. The summed E-state index contributed by atoms with van der Waals surface area (Å²) < 4.78 is 0.732. The molecule has 82 valence electrons. The Morgan fingerprint density at radius 1 is 1.50 bits per heavy atom. The first-order valence-corrected chi connectivity index (χ1v) is 6.37. The molecular weight excluding hydrogens is 312 g/mol. The molecule has 3 nitrogen and oxygen atoms in total. The summed E-state index contributed by atoms with van der Waals surface area (Å²) >= 11 is 10.5. The van der Waals surface area contributed by atoms with E-state index in [0.717, 1.165) is 4.47 Å². The predicted molar refractivity (Wildman–Crippen MR) is 69.2 cm³/mol. The molecule has 6 heteroatoms. The lowest BCUT2D eigenvalue weighted by molar-refractivity contribution is 0.103. The highest BCUT2D eigenvalue weighted by atomic mass is 79.9. The largest absolute Gasteiger partial charge is 0.320 e. The molecule has 1 amide bonds. The zero-order chi connectivity index (χ0) is 11.5. The molecule has 16 heavy (non-hydrogen) atoms. The first kappa shape index (κ1) is 11.6. The number of hydrogen-bond acceptors (Lipinski definition) is 3. The molecule has 0 fully saturated rings. The molecular formula is C10H6BrClN2OS. The average Bonchev–Trinajstić information content (AvgIpc) is 2.68. The van der Waals surface area contributed by atoms with Crippen molar-refractivity contribution < 1.29 is 4.79 Å². The second-order valence-electron chi connectivity index (χ2n) is 2.91. The number of anilines is 1. The van der Waals surface area contributed by atoms with Crippen LogP contribution in [0.15, 0.2) is 34.4 Å². The summed E-state index contributed by atoms with van der Waals surface area (Å²) in [5, 5.41) is 5.00. The summed E-state index contributed by atoms with van der Waals surface area (Å²) in [5.74, 6) is -0.216. The monoisotopic (exact) mass is 316 g/mol. The molecule has 2 heterocycles. The van der Waals surface area contributed by atoms with Crippen LogP contribution < -0.4 is 5.32 Å². The maximum Gasteiger partial charge on any atom is 0.267 e. The van der Waals surface area contributed by atoms with Crippen LogP contribution >= 0.6 is 38.9 Å². The van der Waals surface area contributed by atoms with E-state index in [-0.39, 0.29) is 5.91 Å². The molecule has 0 aromatic carbocycles. The normalized spacial score (nSPS) is 10.1. The summed E-state index contributed by atoms with van der Waals surface area (Å²) in [7, 11) is 0. The Morgan fingerprint density at radius 3 is 2.94 bits per heavy atom. The first-order valence-electron chi connectivity index (χ1n) is 4.32. The van der Waals surface area contributed by atoms with Crippen LogP contribution in [-0.2, 0) is 0 Å². The van der Waals surface area contributed by atoms with E-state index >= 15 is 0 Å². The van der Waals surface area contributed by atoms with Gasteiger partial charge in [-0.3, -0.25) is 9.78 Å². The van der Waals surface area contributed by atoms with Gasteiger partial charge in [-0.1, -0.05) is 11.6 Å². The number of pyridine rings is 1. The summed E-state index contributed by atoms with van der Waals surface area (Å²) in [6.45, 7) is 0. The summed E-state index contributed by atoms with van der Waals surface area (Å²) in [6, 6.07) is 3.41. The Kier molecular flexibility index (Phi) is 3.58. The maximum absolute atomic E-state index is 11.8. The molecule has 2 aromatic heterocycles. The Morgan fingerprint density at radius 2 is 2.31 bits per heavy atom. The highest BCUT2D eigenvalue weighted by Gasteiger charge is 2.12. The van der Waals surface area contributed by atoms with Crippen LogP contribution in [0.4, 0.5) is 5.69 Å². The van der Waals surface area contributed by atoms with Crippen LogP contribution in [0.25, 0.3) is 0 Å². The second-order valence-corrected chi connectivity index (χ2v) is 5.08. The lowest BCUT2D eigenvalue weighted by Crippen LogP contribution is -2.11. The molecule has 2 aromatic rings. The zero-order valence-corrected chi connectivity index (χ0v) is 11.1. The fourth-order valence-electron chi connectivity index (χ4n) is 1.11. The van der Waals surface area contributed by atoms with Crippen molar-refractivity contribution in [3.63, 3.8) is 0 Å². The number of halogens is 2. The van der Waals surface area contributed by atoms with Crippen molar-refractivity contribution in [3.05, 3.63) is 44.3 Å². The molecule has 1 N–H and O–H groups in total. The van der Waals surface area contributed by atoms with Crippen molar-refractivity contribution in [1.29, 1.82) is 0 Å². The average molecular weight is 318 g/mol. The van der Waals surface area contributed by atoms with Crippen molar-refractivity contribution in [3.8, 4) is 0 Å². The number of amides is 1. The topological polar surface area (TPSA) is 42.0 Å². The van der Waals surface area contributed by atoms with Crippen LogP contribution in [0.3, 0.4) is 0 Å². The fourth-order valence-corrected chi connectivity index (χ4v) is 2.50. The van der Waals surface area contributed by atoms with Crippen molar-refractivity contribution >= 4 is 50.5 Å². The van der Waals surface area contributed by atoms with Crippen LogP contribution in [0.1, 0.15) is 9.67 Å². The van der Waals surface area contributed by atoms with E-state index in [9.17, 15) is 4.79 Å². The number of nitrogens with one attached hydrogen (secondary N) is 1. The van der Waals surface area contributed by atoms with E-state index in [1.54, 1.807) is 29.9 Å². The molecule has 0 spiro atoms. The fraction of sp³-hybridized carbons (Fsp3) is 0. The standard InChI is InChI=1S/C10H6BrClN2OS/c11-6-5-13-3-1-8(6)14-10(15)9-7(12)2-4-16-9/h1-5H,(H,13,14,15). The third-order valence-electron chi connectivity index (χ3n) is 1.84. The van der Waals surface area contributed by atoms with Crippen molar-refractivity contribution in [2.24, 2.45) is 0 Å². The number of thiophene rings is 1. The predicted octanol–water partition coefficient (Wildman–Crippen LogP) is 3.81. The minimum atomic E-state index is -0.216. The molecule has 0 atom stereocenters. The second kappa shape index (κ2) is 4.95. The van der Waals surface area contributed by atoms with Gasteiger partial charge in [-0.2, -0.15) is 0 Å². The number of aromatic nitrogens is 1. The van der Waals surface area contributed by atoms with E-state index in [1.807, 2.05) is 0 Å². The summed E-state index contributed by atoms with van der Waals surface area (Å²) in [5.41, 5.74) is 0.671. The van der Waals surface area contributed by atoms with Crippen LogP contribution in [0.2, 0.25) is 5.02 Å². The van der Waals surface area contributed by atoms with Gasteiger partial charge in [-0.15, -0.1) is 11.3 Å². The van der Waals surface area contributed by atoms with E-state index in [0.29, 0.717) is 15.6 Å². The van der Waals surface area contributed by atoms with Crippen LogP contribution in [-0.4, -0.2) is 10.9 Å². The molecule has 0 unspecified atom stereocenters. The lowest BCUT2D eigenvalue weighted by Gasteiger charge is -2.05. The van der Waals surface area contributed by atoms with Crippen molar-refractivity contribution in [2.45, 2.75) is 0 Å². The molecule has 0 bridgehead atoms. The Balaban J connectivity index is 2.21. The van der Waals surface area contributed by atoms with Crippen LogP contribution in [0, 0.1) is 0 Å². The number of carbonyl (C=O) groups is 1. The smallest absolute Gasteiger partial charge is 0.267 e. The summed E-state index contributed by atoms with van der Waals surface area (Å²) in [6.07, 6.45) is 3.22. The molecule has 0 aliphatic rings. The van der Waals surface area contributed by atoms with Crippen molar-refractivity contribution in [1.82, 2.24) is 4.98 Å². The van der Waals surface area contributed by atoms with Crippen molar-refractivity contribution in [2.75, 3.05) is 5.32 Å². The SMILES string of the molecule is O=C(Nc1ccncc1Br)c1sccc1Cl. The van der Waals surface area contributed by atoms with Crippen LogP contribution in [0.5, 0.6) is 0 Å². The van der Waals surface area contributed by atoms with Gasteiger partial charge in [0.05, 0.1) is 15.2 Å². The van der Waals surface area contributed by atoms with E-state index < -0.39 is 0 Å². The first-order chi connectivity index (χ1) is 7.68. The Bertz CT molecular complexity index is 529. The van der Waals surface area contributed by atoms with Gasteiger partial charge in [-0.25, -0.2) is 0 Å². The van der Waals surface area contributed by atoms with Gasteiger partial charge in [-0.05, 0) is 33.4 Å². The van der Waals surface area contributed by atoms with Gasteiger partial charge in [0.25, 0.3) is 5.91 Å². The van der Waals surface area contributed by atoms with E-state index in [4.69, 9.17) is 11.6 Å². The summed E-state index contributed by atoms with van der Waals surface area (Å²) in [4.78, 5) is 16.2. The molecule has 2 rings (SSSR count). The zero-order valence-electron chi connectivity index (χ0n) is 7.91. The molecule has 0 saturated heterocycles. The molecule has 0 aliphatic carbocycles. The Labute approximate surface area is 110 Å². The Hall–Kier alpha value is -0.910. The van der Waals surface area contributed by atoms with Gasteiger partial charge < -0.3 is 5.32 Å². The van der Waals surface area contributed by atoms with Gasteiger partial charge >= 0.3 is 0 Å². The highest BCUT2D eigenvalue weighted by molar-refractivity contribution is 9.10. The number of carbonyl (C=O) groups excluding carboxylic acids is 1. The highest BCUT2D eigenvalue weighted by Crippen LogP contribution is 2.25. The quantitative estimate of drug-likeness (QED) is 0.915. The van der Waals surface area contributed by atoms with E-state index in [1.165, 1.54) is 11.3 Å². The third-order valence-corrected chi connectivity index (χ3v) is 3.82. The van der Waals surface area contributed by atoms with Gasteiger partial charge in [0.1, 0.15) is 4.88 Å². The van der Waals surface area contributed by atoms with Gasteiger partial charge in [0, 0.05) is 12.4 Å². The molecule has 0 aliphatic heterocycles. The van der Waals surface area contributed by atoms with Gasteiger partial charge in [0.15, 0.2) is 0 Å². The maximum atomic E-state index is 11.8. The third kappa shape index (κ3) is 2.42. The number of hydrogen-bond donors (Lipinski definition) is 1. The number of nitrogens with zero attached hydrogens (tertiary/aromatic N) is 1. The number of rotatable bonds is 2. The minimum Gasteiger partial charge on any atom is -0.320 e. The lowest BCUT2D eigenvalue weighted by atomic mass is 10.3. The molecule has 0 saturated carbocycles. The minimum absolute atomic E-state index is 0.216. The van der Waals surface area contributed by atoms with E-state index in [2.05, 4.69) is 26.2 Å². The van der Waals surface area contributed by atoms with Gasteiger partial charge in [0.2, 0.25) is 0 Å².